The van der Waals surface area contributed by atoms with Crippen LogP contribution in [-0.2, 0) is 0 Å². The number of rotatable bonds is 3. The highest BCUT2D eigenvalue weighted by atomic mass is 16.5. The van der Waals surface area contributed by atoms with Crippen molar-refractivity contribution >= 4 is 16.8 Å². The Balaban J connectivity index is 1.81. The molecule has 0 amide bonds. The van der Waals surface area contributed by atoms with Gasteiger partial charge >= 0.3 is 0 Å². The van der Waals surface area contributed by atoms with E-state index in [1.807, 2.05) is 18.2 Å². The molecule has 1 aliphatic carbocycles. The van der Waals surface area contributed by atoms with Gasteiger partial charge < -0.3 is 10.5 Å². The van der Waals surface area contributed by atoms with E-state index >= 15 is 0 Å². The number of hydrogen-bond donors (Lipinski definition) is 1. The second kappa shape index (κ2) is 5.25. The van der Waals surface area contributed by atoms with E-state index in [1.165, 1.54) is 16.7 Å². The van der Waals surface area contributed by atoms with Crippen molar-refractivity contribution in [3.63, 3.8) is 0 Å². The number of nitrogens with two attached hydrogens (primary N) is 1. The number of nitrogen functional groups attached to an aromatic ring is 1. The molecule has 0 bridgehead atoms. The summed E-state index contributed by atoms with van der Waals surface area (Å²) in [6.07, 6.45) is 5.30. The largest absolute Gasteiger partial charge is 0.495 e. The average Bonchev–Trinajstić information content (AvgIpc) is 2.98. The minimum atomic E-state index is 0.680. The molecule has 2 heteroatoms. The lowest BCUT2D eigenvalue weighted by Gasteiger charge is -2.09. The van der Waals surface area contributed by atoms with Gasteiger partial charge in [-0.2, -0.15) is 0 Å². The molecule has 0 aromatic heterocycles. The standard InChI is InChI=1S/C18H17NO/c1-20-18-10-9-16(12-17(18)19)15-8-7-14(11-15)13-5-3-2-4-6-13/h2-10,12H,11,19H2,1H3. The van der Waals surface area contributed by atoms with E-state index in [9.17, 15) is 0 Å². The second-order valence-electron chi connectivity index (χ2n) is 4.88. The first-order valence-corrected chi connectivity index (χ1v) is 6.67. The molecular weight excluding hydrogens is 246 g/mol. The smallest absolute Gasteiger partial charge is 0.141 e. The molecule has 0 heterocycles. The van der Waals surface area contributed by atoms with Gasteiger partial charge in [0.15, 0.2) is 0 Å². The first-order valence-electron chi connectivity index (χ1n) is 6.67. The fourth-order valence-corrected chi connectivity index (χ4v) is 2.51. The Hall–Kier alpha value is -2.48. The summed E-state index contributed by atoms with van der Waals surface area (Å²) in [6, 6.07) is 16.4. The summed E-state index contributed by atoms with van der Waals surface area (Å²) in [5.74, 6) is 0.726. The molecule has 2 aromatic rings. The summed E-state index contributed by atoms with van der Waals surface area (Å²) in [7, 11) is 1.63. The van der Waals surface area contributed by atoms with Gasteiger partial charge in [0.2, 0.25) is 0 Å². The molecule has 0 saturated heterocycles. The fraction of sp³-hybridized carbons (Fsp3) is 0.111. The number of benzene rings is 2. The summed E-state index contributed by atoms with van der Waals surface area (Å²) in [5.41, 5.74) is 11.7. The van der Waals surface area contributed by atoms with Crippen LogP contribution >= 0.6 is 0 Å². The van der Waals surface area contributed by atoms with E-state index in [4.69, 9.17) is 10.5 Å². The van der Waals surface area contributed by atoms with Crippen LogP contribution in [-0.4, -0.2) is 7.11 Å². The zero-order valence-corrected chi connectivity index (χ0v) is 11.5. The number of ether oxygens (including phenoxy) is 1. The second-order valence-corrected chi connectivity index (χ2v) is 4.88. The predicted octanol–water partition coefficient (Wildman–Crippen LogP) is 4.15. The van der Waals surface area contributed by atoms with Crippen LogP contribution in [0, 0.1) is 0 Å². The van der Waals surface area contributed by atoms with Crippen molar-refractivity contribution < 1.29 is 4.74 Å². The van der Waals surface area contributed by atoms with Crippen LogP contribution in [0.1, 0.15) is 17.5 Å². The fourth-order valence-electron chi connectivity index (χ4n) is 2.51. The molecule has 0 atom stereocenters. The number of allylic oxidation sites excluding steroid dienone is 4. The van der Waals surface area contributed by atoms with Crippen LogP contribution in [0.4, 0.5) is 5.69 Å². The van der Waals surface area contributed by atoms with Crippen LogP contribution in [0.15, 0.2) is 60.7 Å². The number of anilines is 1. The van der Waals surface area contributed by atoms with Gasteiger partial charge in [-0.05, 0) is 40.8 Å². The summed E-state index contributed by atoms with van der Waals surface area (Å²) >= 11 is 0. The number of hydrogen-bond acceptors (Lipinski definition) is 2. The third kappa shape index (κ3) is 2.32. The molecule has 0 radical (unpaired) electrons. The lowest BCUT2D eigenvalue weighted by Crippen LogP contribution is -1.94. The van der Waals surface area contributed by atoms with Crippen molar-refractivity contribution in [3.8, 4) is 5.75 Å². The molecule has 0 aliphatic heterocycles. The molecular formula is C18H17NO. The summed E-state index contributed by atoms with van der Waals surface area (Å²) in [4.78, 5) is 0. The van der Waals surface area contributed by atoms with Gasteiger partial charge in [-0.1, -0.05) is 48.6 Å². The van der Waals surface area contributed by atoms with E-state index in [0.29, 0.717) is 5.69 Å². The normalized spacial score (nSPS) is 13.8. The highest BCUT2D eigenvalue weighted by Gasteiger charge is 2.12. The summed E-state index contributed by atoms with van der Waals surface area (Å²) < 4.78 is 5.20. The maximum atomic E-state index is 5.98. The van der Waals surface area contributed by atoms with Crippen molar-refractivity contribution in [2.24, 2.45) is 0 Å². The monoisotopic (exact) mass is 263 g/mol. The van der Waals surface area contributed by atoms with E-state index in [-0.39, 0.29) is 0 Å². The van der Waals surface area contributed by atoms with Gasteiger partial charge in [0.25, 0.3) is 0 Å². The Kier molecular flexibility index (Phi) is 3.30. The Labute approximate surface area is 119 Å². The number of methoxy groups -OCH3 is 1. The highest BCUT2D eigenvalue weighted by molar-refractivity contribution is 5.87. The van der Waals surface area contributed by atoms with Gasteiger partial charge in [0.1, 0.15) is 5.75 Å². The quantitative estimate of drug-likeness (QED) is 0.844. The first-order chi connectivity index (χ1) is 9.78. The van der Waals surface area contributed by atoms with Crippen molar-refractivity contribution in [2.45, 2.75) is 6.42 Å². The molecule has 0 saturated carbocycles. The first kappa shape index (κ1) is 12.5. The van der Waals surface area contributed by atoms with Gasteiger partial charge in [0, 0.05) is 0 Å². The molecule has 3 rings (SSSR count). The van der Waals surface area contributed by atoms with E-state index < -0.39 is 0 Å². The van der Waals surface area contributed by atoms with Crippen molar-refractivity contribution in [1.82, 2.24) is 0 Å². The van der Waals surface area contributed by atoms with E-state index in [2.05, 4.69) is 42.5 Å². The van der Waals surface area contributed by atoms with Gasteiger partial charge in [0.05, 0.1) is 12.8 Å². The highest BCUT2D eigenvalue weighted by Crippen LogP contribution is 2.35. The molecule has 2 aromatic carbocycles. The molecule has 2 nitrogen and oxygen atoms in total. The molecule has 0 spiro atoms. The SMILES string of the molecule is COc1ccc(C2=CC=C(c3ccccc3)C2)cc1N. The maximum absolute atomic E-state index is 5.98. The van der Waals surface area contributed by atoms with Crippen LogP contribution < -0.4 is 10.5 Å². The van der Waals surface area contributed by atoms with Crippen molar-refractivity contribution in [1.29, 1.82) is 0 Å². The van der Waals surface area contributed by atoms with Crippen LogP contribution in [0.25, 0.3) is 11.1 Å². The molecule has 20 heavy (non-hydrogen) atoms. The molecule has 2 N–H and O–H groups in total. The topological polar surface area (TPSA) is 35.2 Å². The Bertz CT molecular complexity index is 684. The average molecular weight is 263 g/mol. The Morgan fingerprint density at radius 1 is 0.900 bits per heavy atom. The third-order valence-electron chi connectivity index (χ3n) is 3.61. The minimum Gasteiger partial charge on any atom is -0.495 e. The zero-order valence-electron chi connectivity index (χ0n) is 11.5. The van der Waals surface area contributed by atoms with Gasteiger partial charge in [-0.3, -0.25) is 0 Å². The Morgan fingerprint density at radius 3 is 2.25 bits per heavy atom. The lowest BCUT2D eigenvalue weighted by atomic mass is 9.98. The predicted molar refractivity (Wildman–Crippen MR) is 84.4 cm³/mol. The molecule has 0 fully saturated rings. The van der Waals surface area contributed by atoms with Crippen LogP contribution in [0.3, 0.4) is 0 Å². The van der Waals surface area contributed by atoms with Gasteiger partial charge in [-0.15, -0.1) is 0 Å². The van der Waals surface area contributed by atoms with Crippen molar-refractivity contribution in [2.75, 3.05) is 12.8 Å². The molecule has 0 unspecified atom stereocenters. The summed E-state index contributed by atoms with van der Waals surface area (Å²) in [5, 5.41) is 0. The van der Waals surface area contributed by atoms with E-state index in [0.717, 1.165) is 17.7 Å². The van der Waals surface area contributed by atoms with Crippen LogP contribution in [0.5, 0.6) is 5.75 Å². The minimum absolute atomic E-state index is 0.680. The Morgan fingerprint density at radius 2 is 1.60 bits per heavy atom. The zero-order chi connectivity index (χ0) is 13.9. The van der Waals surface area contributed by atoms with Gasteiger partial charge in [-0.25, -0.2) is 0 Å². The molecule has 100 valence electrons. The lowest BCUT2D eigenvalue weighted by molar-refractivity contribution is 0.417. The van der Waals surface area contributed by atoms with E-state index in [1.54, 1.807) is 7.11 Å². The van der Waals surface area contributed by atoms with Crippen molar-refractivity contribution in [3.05, 3.63) is 71.8 Å². The van der Waals surface area contributed by atoms with Crippen LogP contribution in [0.2, 0.25) is 0 Å². The maximum Gasteiger partial charge on any atom is 0.141 e. The third-order valence-corrected chi connectivity index (χ3v) is 3.61. The molecule has 1 aliphatic rings. The summed E-state index contributed by atoms with van der Waals surface area (Å²) in [6.45, 7) is 0.